The average molecular weight is 359 g/mol. The van der Waals surface area contributed by atoms with Crippen LogP contribution in [0.1, 0.15) is 41.3 Å². The zero-order valence-corrected chi connectivity index (χ0v) is 15.3. The molecule has 136 valence electrons. The zero-order valence-electron chi connectivity index (χ0n) is 15.3. The van der Waals surface area contributed by atoms with Crippen LogP contribution in [0.2, 0.25) is 0 Å². The van der Waals surface area contributed by atoms with Gasteiger partial charge in [-0.2, -0.15) is 4.98 Å². The fourth-order valence-corrected chi connectivity index (χ4v) is 4.07. The molecule has 0 N–H and O–H groups in total. The number of hydrogen-bond donors (Lipinski definition) is 0. The lowest BCUT2D eigenvalue weighted by Crippen LogP contribution is -2.24. The number of hydrogen-bond acceptors (Lipinski definition) is 4. The molecule has 1 aliphatic carbocycles. The molecule has 1 saturated heterocycles. The molecule has 5 heteroatoms. The third-order valence-electron chi connectivity index (χ3n) is 5.62. The highest BCUT2D eigenvalue weighted by atomic mass is 16.5. The summed E-state index contributed by atoms with van der Waals surface area (Å²) in [7, 11) is 0. The van der Waals surface area contributed by atoms with Gasteiger partial charge in [0.1, 0.15) is 0 Å². The van der Waals surface area contributed by atoms with Crippen LogP contribution in [0, 0.1) is 6.92 Å². The summed E-state index contributed by atoms with van der Waals surface area (Å²) in [6.45, 7) is 2.64. The van der Waals surface area contributed by atoms with Crippen LogP contribution in [-0.4, -0.2) is 22.6 Å². The Hall–Kier alpha value is -2.95. The van der Waals surface area contributed by atoms with Crippen LogP contribution < -0.4 is 4.90 Å². The Morgan fingerprint density at radius 3 is 2.74 bits per heavy atom. The zero-order chi connectivity index (χ0) is 18.4. The SMILES string of the molecule is Cc1ccc(-c2nc(C3CC(=O)N(c4ccc5c(c4)CCC5)C3)no2)cc1. The molecule has 0 spiro atoms. The van der Waals surface area contributed by atoms with Crippen molar-refractivity contribution in [1.82, 2.24) is 10.1 Å². The second kappa shape index (κ2) is 6.34. The monoisotopic (exact) mass is 359 g/mol. The maximum absolute atomic E-state index is 12.6. The quantitative estimate of drug-likeness (QED) is 0.708. The summed E-state index contributed by atoms with van der Waals surface area (Å²) in [6, 6.07) is 14.4. The first kappa shape index (κ1) is 16.2. The Bertz CT molecular complexity index is 1010. The van der Waals surface area contributed by atoms with Gasteiger partial charge in [-0.15, -0.1) is 0 Å². The van der Waals surface area contributed by atoms with Gasteiger partial charge in [0.05, 0.1) is 0 Å². The lowest BCUT2D eigenvalue weighted by Gasteiger charge is -2.17. The van der Waals surface area contributed by atoms with E-state index in [4.69, 9.17) is 4.52 Å². The number of amides is 1. The molecule has 2 aromatic carbocycles. The standard InChI is InChI=1S/C22H21N3O2/c1-14-5-7-16(8-6-14)22-23-21(24-27-22)18-12-20(26)25(13-18)19-10-9-15-3-2-4-17(15)11-19/h5-11,18H,2-4,12-13H2,1H3. The van der Waals surface area contributed by atoms with E-state index in [2.05, 4.69) is 28.3 Å². The molecule has 1 unspecified atom stereocenters. The number of aromatic nitrogens is 2. The van der Waals surface area contributed by atoms with Crippen molar-refractivity contribution >= 4 is 11.6 Å². The first-order chi connectivity index (χ1) is 13.2. The van der Waals surface area contributed by atoms with Gasteiger partial charge < -0.3 is 9.42 Å². The van der Waals surface area contributed by atoms with Crippen LogP contribution in [0.25, 0.3) is 11.5 Å². The van der Waals surface area contributed by atoms with Gasteiger partial charge in [-0.25, -0.2) is 0 Å². The largest absolute Gasteiger partial charge is 0.334 e. The van der Waals surface area contributed by atoms with Gasteiger partial charge in [0.25, 0.3) is 5.89 Å². The van der Waals surface area contributed by atoms with E-state index in [9.17, 15) is 4.79 Å². The molecule has 1 atom stereocenters. The molecule has 0 bridgehead atoms. The van der Waals surface area contributed by atoms with Gasteiger partial charge in [-0.05, 0) is 61.6 Å². The molecule has 0 radical (unpaired) electrons. The van der Waals surface area contributed by atoms with Crippen molar-refractivity contribution in [1.29, 1.82) is 0 Å². The van der Waals surface area contributed by atoms with Gasteiger partial charge in [0.15, 0.2) is 5.82 Å². The van der Waals surface area contributed by atoms with E-state index in [1.165, 1.54) is 23.1 Å². The predicted octanol–water partition coefficient (Wildman–Crippen LogP) is 4.05. The van der Waals surface area contributed by atoms with Crippen LogP contribution in [-0.2, 0) is 17.6 Å². The first-order valence-electron chi connectivity index (χ1n) is 9.50. The van der Waals surface area contributed by atoms with Gasteiger partial charge >= 0.3 is 0 Å². The van der Waals surface area contributed by atoms with Crippen molar-refractivity contribution in [3.63, 3.8) is 0 Å². The van der Waals surface area contributed by atoms with Crippen LogP contribution in [0.3, 0.4) is 0 Å². The highest BCUT2D eigenvalue weighted by Crippen LogP contribution is 2.34. The van der Waals surface area contributed by atoms with E-state index in [-0.39, 0.29) is 11.8 Å². The number of benzene rings is 2. The van der Waals surface area contributed by atoms with Crippen molar-refractivity contribution in [2.45, 2.75) is 38.5 Å². The summed E-state index contributed by atoms with van der Waals surface area (Å²) in [5, 5.41) is 4.15. The number of rotatable bonds is 3. The number of nitrogens with zero attached hydrogens (tertiary/aromatic N) is 3. The van der Waals surface area contributed by atoms with Crippen LogP contribution in [0.5, 0.6) is 0 Å². The van der Waals surface area contributed by atoms with Gasteiger partial charge in [0, 0.05) is 30.1 Å². The Morgan fingerprint density at radius 2 is 1.89 bits per heavy atom. The number of fused-ring (bicyclic) bond motifs is 1. The van der Waals surface area contributed by atoms with Crippen LogP contribution in [0.4, 0.5) is 5.69 Å². The lowest BCUT2D eigenvalue weighted by molar-refractivity contribution is -0.117. The third kappa shape index (κ3) is 2.93. The summed E-state index contributed by atoms with van der Waals surface area (Å²) < 4.78 is 5.45. The van der Waals surface area contributed by atoms with Crippen molar-refractivity contribution in [3.05, 3.63) is 65.0 Å². The number of anilines is 1. The smallest absolute Gasteiger partial charge is 0.257 e. The van der Waals surface area contributed by atoms with Crippen LogP contribution in [0.15, 0.2) is 47.0 Å². The summed E-state index contributed by atoms with van der Waals surface area (Å²) >= 11 is 0. The van der Waals surface area contributed by atoms with Crippen molar-refractivity contribution < 1.29 is 9.32 Å². The van der Waals surface area contributed by atoms with Crippen molar-refractivity contribution in [2.75, 3.05) is 11.4 Å². The highest BCUT2D eigenvalue weighted by Gasteiger charge is 2.35. The minimum Gasteiger partial charge on any atom is -0.334 e. The maximum Gasteiger partial charge on any atom is 0.257 e. The molecule has 1 aliphatic heterocycles. The minimum atomic E-state index is -0.0336. The molecule has 27 heavy (non-hydrogen) atoms. The first-order valence-corrected chi connectivity index (χ1v) is 9.50. The molecule has 1 amide bonds. The van der Waals surface area contributed by atoms with E-state index in [0.29, 0.717) is 24.7 Å². The van der Waals surface area contributed by atoms with Gasteiger partial charge in [0.2, 0.25) is 5.91 Å². The molecule has 0 saturated carbocycles. The minimum absolute atomic E-state index is 0.0336. The number of carbonyl (C=O) groups is 1. The van der Waals surface area contributed by atoms with E-state index in [1.807, 2.05) is 36.1 Å². The normalized spacial score (nSPS) is 18.9. The summed E-state index contributed by atoms with van der Waals surface area (Å²) in [4.78, 5) is 19.0. The second-order valence-electron chi connectivity index (χ2n) is 7.54. The Balaban J connectivity index is 1.37. The van der Waals surface area contributed by atoms with Gasteiger partial charge in [-0.3, -0.25) is 4.79 Å². The molecule has 3 aromatic rings. The highest BCUT2D eigenvalue weighted by molar-refractivity contribution is 5.96. The van der Waals surface area contributed by atoms with Crippen molar-refractivity contribution in [3.8, 4) is 11.5 Å². The van der Waals surface area contributed by atoms with E-state index in [1.54, 1.807) is 0 Å². The van der Waals surface area contributed by atoms with Crippen LogP contribution >= 0.6 is 0 Å². The maximum atomic E-state index is 12.6. The second-order valence-corrected chi connectivity index (χ2v) is 7.54. The summed E-state index contributed by atoms with van der Waals surface area (Å²) in [5.41, 5.74) is 5.88. The number of aryl methyl sites for hydroxylation is 3. The molecule has 1 aromatic heterocycles. The topological polar surface area (TPSA) is 59.2 Å². The van der Waals surface area contributed by atoms with E-state index >= 15 is 0 Å². The van der Waals surface area contributed by atoms with E-state index < -0.39 is 0 Å². The molecule has 5 nitrogen and oxygen atoms in total. The third-order valence-corrected chi connectivity index (χ3v) is 5.62. The average Bonchev–Trinajstić information content (AvgIpc) is 3.40. The Labute approximate surface area is 158 Å². The molecule has 5 rings (SSSR count). The van der Waals surface area contributed by atoms with Crippen molar-refractivity contribution in [2.24, 2.45) is 0 Å². The molecule has 2 aliphatic rings. The lowest BCUT2D eigenvalue weighted by atomic mass is 10.1. The summed E-state index contributed by atoms with van der Waals surface area (Å²) in [5.74, 6) is 1.21. The molecular formula is C22H21N3O2. The van der Waals surface area contributed by atoms with Gasteiger partial charge in [-0.1, -0.05) is 28.9 Å². The summed E-state index contributed by atoms with van der Waals surface area (Å²) in [6.07, 6.45) is 3.89. The Morgan fingerprint density at radius 1 is 1.07 bits per heavy atom. The van der Waals surface area contributed by atoms with E-state index in [0.717, 1.165) is 24.1 Å². The molecule has 2 heterocycles. The number of carbonyl (C=O) groups excluding carboxylic acids is 1. The predicted molar refractivity (Wildman–Crippen MR) is 103 cm³/mol. The fraction of sp³-hybridized carbons (Fsp3) is 0.318. The fourth-order valence-electron chi connectivity index (χ4n) is 4.07. The molecular weight excluding hydrogens is 338 g/mol. The molecule has 1 fully saturated rings. The Kier molecular flexibility index (Phi) is 3.81.